The van der Waals surface area contributed by atoms with Gasteiger partial charge in [-0.3, -0.25) is 0 Å². The number of rotatable bonds is 9. The summed E-state index contributed by atoms with van der Waals surface area (Å²) in [7, 11) is 1.56. The molecule has 0 aliphatic rings. The van der Waals surface area contributed by atoms with E-state index in [-0.39, 0.29) is 0 Å². The van der Waals surface area contributed by atoms with Gasteiger partial charge in [-0.2, -0.15) is 5.10 Å². The number of carbonyl (C=O) groups excluding carboxylic acids is 1. The van der Waals surface area contributed by atoms with Crippen molar-refractivity contribution in [3.05, 3.63) is 53.1 Å². The van der Waals surface area contributed by atoms with E-state index < -0.39 is 6.03 Å². The number of hydrogen-bond acceptors (Lipinski definition) is 5. The standard InChI is InChI=1S/C20H25N3O4/c1-14-5-7-17(11-15(14)2)26-9-4-10-27-18-8-6-16(12-19(18)25-3)13-22-23-20(21)24/h5-8,11-13H,4,9-10H2,1-3H3,(H3,21,23,24)/b22-13-. The van der Waals surface area contributed by atoms with E-state index in [0.717, 1.165) is 17.7 Å². The predicted octanol–water partition coefficient (Wildman–Crippen LogP) is 3.16. The van der Waals surface area contributed by atoms with E-state index >= 15 is 0 Å². The Labute approximate surface area is 159 Å². The number of hydrazone groups is 1. The average Bonchev–Trinajstić information content (AvgIpc) is 2.64. The molecular weight excluding hydrogens is 346 g/mol. The number of primary amides is 1. The molecule has 0 unspecified atom stereocenters. The van der Waals surface area contributed by atoms with Gasteiger partial charge in [-0.1, -0.05) is 6.07 Å². The highest BCUT2D eigenvalue weighted by Gasteiger charge is 2.05. The van der Waals surface area contributed by atoms with E-state index in [1.54, 1.807) is 25.3 Å². The van der Waals surface area contributed by atoms with Crippen LogP contribution in [0.2, 0.25) is 0 Å². The number of nitrogens with two attached hydrogens (primary N) is 1. The van der Waals surface area contributed by atoms with Gasteiger partial charge in [0.1, 0.15) is 5.75 Å². The highest BCUT2D eigenvalue weighted by Crippen LogP contribution is 2.27. The molecular formula is C20H25N3O4. The maximum absolute atomic E-state index is 10.6. The molecule has 27 heavy (non-hydrogen) atoms. The number of carbonyl (C=O) groups is 1. The van der Waals surface area contributed by atoms with E-state index in [2.05, 4.69) is 30.4 Å². The number of aryl methyl sites for hydroxylation is 2. The van der Waals surface area contributed by atoms with E-state index in [1.807, 2.05) is 12.1 Å². The number of nitrogens with one attached hydrogen (secondary N) is 1. The van der Waals surface area contributed by atoms with Crippen LogP contribution in [0.1, 0.15) is 23.1 Å². The Kier molecular flexibility index (Phi) is 7.49. The molecule has 0 saturated heterocycles. The van der Waals surface area contributed by atoms with E-state index in [9.17, 15) is 4.79 Å². The van der Waals surface area contributed by atoms with Crippen molar-refractivity contribution in [2.75, 3.05) is 20.3 Å². The minimum Gasteiger partial charge on any atom is -0.493 e. The number of methoxy groups -OCH3 is 1. The fourth-order valence-corrected chi connectivity index (χ4v) is 2.29. The van der Waals surface area contributed by atoms with E-state index in [0.29, 0.717) is 24.7 Å². The maximum atomic E-state index is 10.6. The zero-order valence-corrected chi connectivity index (χ0v) is 15.8. The minimum atomic E-state index is -0.721. The van der Waals surface area contributed by atoms with Crippen LogP contribution in [0, 0.1) is 13.8 Å². The fraction of sp³-hybridized carbons (Fsp3) is 0.300. The first-order chi connectivity index (χ1) is 13.0. The van der Waals surface area contributed by atoms with Crippen molar-refractivity contribution < 1.29 is 19.0 Å². The normalized spacial score (nSPS) is 10.6. The third-order valence-electron chi connectivity index (χ3n) is 3.87. The van der Waals surface area contributed by atoms with Crippen LogP contribution in [0.3, 0.4) is 0 Å². The molecule has 2 aromatic carbocycles. The second kappa shape index (κ2) is 10.1. The van der Waals surface area contributed by atoms with Gasteiger partial charge in [0.2, 0.25) is 0 Å². The Bertz CT molecular complexity index is 806. The van der Waals surface area contributed by atoms with Gasteiger partial charge in [0.25, 0.3) is 0 Å². The molecule has 7 heteroatoms. The molecule has 0 aliphatic carbocycles. The lowest BCUT2D eigenvalue weighted by Crippen LogP contribution is -2.24. The summed E-state index contributed by atoms with van der Waals surface area (Å²) in [6.07, 6.45) is 2.20. The summed E-state index contributed by atoms with van der Waals surface area (Å²) in [5.74, 6) is 2.07. The number of urea groups is 1. The van der Waals surface area contributed by atoms with Crippen LogP contribution in [-0.4, -0.2) is 32.6 Å². The third kappa shape index (κ3) is 6.54. The van der Waals surface area contributed by atoms with Gasteiger partial charge in [-0.25, -0.2) is 10.2 Å². The Morgan fingerprint density at radius 2 is 1.85 bits per heavy atom. The van der Waals surface area contributed by atoms with Crippen molar-refractivity contribution in [1.29, 1.82) is 0 Å². The highest BCUT2D eigenvalue weighted by molar-refractivity contribution is 5.82. The topological polar surface area (TPSA) is 95.2 Å². The largest absolute Gasteiger partial charge is 0.493 e. The van der Waals surface area contributed by atoms with Gasteiger partial charge in [-0.05, 0) is 60.9 Å². The Balaban J connectivity index is 1.81. The van der Waals surface area contributed by atoms with Crippen LogP contribution in [0.25, 0.3) is 0 Å². The zero-order chi connectivity index (χ0) is 19.6. The van der Waals surface area contributed by atoms with Gasteiger partial charge in [0.05, 0.1) is 26.5 Å². The van der Waals surface area contributed by atoms with Gasteiger partial charge in [0, 0.05) is 6.42 Å². The molecule has 0 saturated carbocycles. The van der Waals surface area contributed by atoms with Crippen LogP contribution >= 0.6 is 0 Å². The molecule has 0 heterocycles. The lowest BCUT2D eigenvalue weighted by molar-refractivity contribution is 0.240. The lowest BCUT2D eigenvalue weighted by Gasteiger charge is -2.12. The van der Waals surface area contributed by atoms with Crippen molar-refractivity contribution in [2.45, 2.75) is 20.3 Å². The quantitative estimate of drug-likeness (QED) is 0.402. The minimum absolute atomic E-state index is 0.498. The maximum Gasteiger partial charge on any atom is 0.332 e. The summed E-state index contributed by atoms with van der Waals surface area (Å²) in [4.78, 5) is 10.6. The molecule has 0 radical (unpaired) electrons. The molecule has 0 bridgehead atoms. The van der Waals surface area contributed by atoms with E-state index in [1.165, 1.54) is 17.3 Å². The number of ether oxygens (including phenoxy) is 3. The lowest BCUT2D eigenvalue weighted by atomic mass is 10.1. The molecule has 3 N–H and O–H groups in total. The second-order valence-electron chi connectivity index (χ2n) is 5.94. The molecule has 0 atom stereocenters. The van der Waals surface area contributed by atoms with Gasteiger partial charge >= 0.3 is 6.03 Å². The second-order valence-corrected chi connectivity index (χ2v) is 5.94. The van der Waals surface area contributed by atoms with Crippen molar-refractivity contribution in [3.8, 4) is 17.2 Å². The SMILES string of the molecule is COc1cc(/C=N\NC(N)=O)ccc1OCCCOc1ccc(C)c(C)c1. The van der Waals surface area contributed by atoms with Crippen LogP contribution in [-0.2, 0) is 0 Å². The molecule has 144 valence electrons. The van der Waals surface area contributed by atoms with Crippen molar-refractivity contribution in [3.63, 3.8) is 0 Å². The Morgan fingerprint density at radius 1 is 1.07 bits per heavy atom. The molecule has 2 aromatic rings. The first-order valence-corrected chi connectivity index (χ1v) is 8.59. The summed E-state index contributed by atoms with van der Waals surface area (Å²) >= 11 is 0. The van der Waals surface area contributed by atoms with Crippen molar-refractivity contribution in [2.24, 2.45) is 10.8 Å². The fourth-order valence-electron chi connectivity index (χ4n) is 2.29. The zero-order valence-electron chi connectivity index (χ0n) is 15.8. The molecule has 2 rings (SSSR count). The molecule has 0 aliphatic heterocycles. The van der Waals surface area contributed by atoms with Crippen molar-refractivity contribution in [1.82, 2.24) is 5.43 Å². The average molecular weight is 371 g/mol. The van der Waals surface area contributed by atoms with Crippen LogP contribution in [0.4, 0.5) is 4.79 Å². The summed E-state index contributed by atoms with van der Waals surface area (Å²) < 4.78 is 16.8. The van der Waals surface area contributed by atoms with E-state index in [4.69, 9.17) is 19.9 Å². The molecule has 0 aromatic heterocycles. The first kappa shape index (κ1) is 20.1. The Hall–Kier alpha value is -3.22. The first-order valence-electron chi connectivity index (χ1n) is 8.59. The predicted molar refractivity (Wildman–Crippen MR) is 105 cm³/mol. The number of nitrogens with zero attached hydrogens (tertiary/aromatic N) is 1. The number of hydrogen-bond donors (Lipinski definition) is 2. The number of benzene rings is 2. The van der Waals surface area contributed by atoms with Gasteiger partial charge < -0.3 is 19.9 Å². The van der Waals surface area contributed by atoms with Crippen LogP contribution in [0.15, 0.2) is 41.5 Å². The smallest absolute Gasteiger partial charge is 0.332 e. The summed E-state index contributed by atoms with van der Waals surface area (Å²) in [5, 5.41) is 3.71. The van der Waals surface area contributed by atoms with Crippen LogP contribution in [0.5, 0.6) is 17.2 Å². The summed E-state index contributed by atoms with van der Waals surface area (Å²) in [5.41, 5.74) is 10.3. The summed E-state index contributed by atoms with van der Waals surface area (Å²) in [6, 6.07) is 10.7. The molecule has 0 fully saturated rings. The molecule has 7 nitrogen and oxygen atoms in total. The highest BCUT2D eigenvalue weighted by atomic mass is 16.5. The Morgan fingerprint density at radius 3 is 2.56 bits per heavy atom. The molecule has 2 amide bonds. The van der Waals surface area contributed by atoms with Crippen molar-refractivity contribution >= 4 is 12.2 Å². The molecule has 0 spiro atoms. The monoisotopic (exact) mass is 371 g/mol. The van der Waals surface area contributed by atoms with Gasteiger partial charge in [0.15, 0.2) is 11.5 Å². The summed E-state index contributed by atoms with van der Waals surface area (Å²) in [6.45, 7) is 5.20. The third-order valence-corrected chi connectivity index (χ3v) is 3.87. The van der Waals surface area contributed by atoms with Gasteiger partial charge in [-0.15, -0.1) is 0 Å². The number of amides is 2. The van der Waals surface area contributed by atoms with Crippen LogP contribution < -0.4 is 25.4 Å².